The molecule has 0 radical (unpaired) electrons. The van der Waals surface area contributed by atoms with Crippen molar-refractivity contribution in [2.24, 2.45) is 5.92 Å². The maximum absolute atomic E-state index is 13.0. The standard InChI is InChI=1S/C24H32F3N5O2S2/c1-15-10-18(34-30-15)11-22(33)28-17-2-4-19(5-3-17)35-14-31-8-7-21-20(13-31)29-23(36-21)32-9-6-16(12-32)24(25,26)27/h10,16-17,19H,2-9,11-14H2,1H3,(H,28,33). The van der Waals surface area contributed by atoms with Crippen molar-refractivity contribution < 1.29 is 22.5 Å². The quantitative estimate of drug-likeness (QED) is 0.549. The first-order valence-electron chi connectivity index (χ1n) is 12.6. The molecule has 2 fully saturated rings. The van der Waals surface area contributed by atoms with E-state index in [1.807, 2.05) is 23.6 Å². The third-order valence-corrected chi connectivity index (χ3v) is 9.94. The van der Waals surface area contributed by atoms with Crippen molar-refractivity contribution in [3.63, 3.8) is 0 Å². The monoisotopic (exact) mass is 543 g/mol. The molecular weight excluding hydrogens is 511 g/mol. The maximum Gasteiger partial charge on any atom is 0.393 e. The van der Waals surface area contributed by atoms with Crippen LogP contribution in [0.1, 0.15) is 54.1 Å². The molecule has 1 amide bonds. The number of hydrogen-bond acceptors (Lipinski definition) is 8. The van der Waals surface area contributed by atoms with Gasteiger partial charge in [-0.05, 0) is 45.4 Å². The fraction of sp³-hybridized carbons (Fsp3) is 0.708. The number of amides is 1. The van der Waals surface area contributed by atoms with Gasteiger partial charge >= 0.3 is 6.18 Å². The summed E-state index contributed by atoms with van der Waals surface area (Å²) in [5, 5.41) is 8.28. The van der Waals surface area contributed by atoms with Gasteiger partial charge in [-0.1, -0.05) is 5.16 Å². The van der Waals surface area contributed by atoms with Crippen LogP contribution in [0.25, 0.3) is 0 Å². The molecule has 4 heterocycles. The summed E-state index contributed by atoms with van der Waals surface area (Å²) in [6.07, 6.45) is 1.28. The van der Waals surface area contributed by atoms with Crippen molar-refractivity contribution in [1.82, 2.24) is 20.4 Å². The number of rotatable bonds is 7. The van der Waals surface area contributed by atoms with Gasteiger partial charge < -0.3 is 14.7 Å². The van der Waals surface area contributed by atoms with E-state index in [1.165, 1.54) is 4.88 Å². The van der Waals surface area contributed by atoms with Gasteiger partial charge in [0.2, 0.25) is 5.91 Å². The summed E-state index contributed by atoms with van der Waals surface area (Å²) in [6.45, 7) is 4.02. The zero-order valence-electron chi connectivity index (χ0n) is 20.4. The molecule has 3 aliphatic rings. The smallest absolute Gasteiger partial charge is 0.361 e. The van der Waals surface area contributed by atoms with Gasteiger partial charge in [0.05, 0.1) is 23.7 Å². The lowest BCUT2D eigenvalue weighted by Gasteiger charge is -2.31. The minimum absolute atomic E-state index is 0.0168. The number of anilines is 1. The molecule has 36 heavy (non-hydrogen) atoms. The zero-order valence-corrected chi connectivity index (χ0v) is 22.0. The first-order chi connectivity index (χ1) is 17.2. The molecule has 1 atom stereocenters. The van der Waals surface area contributed by atoms with Crippen LogP contribution in [0.2, 0.25) is 0 Å². The predicted octanol–water partition coefficient (Wildman–Crippen LogP) is 4.55. The molecule has 5 rings (SSSR count). The van der Waals surface area contributed by atoms with Crippen molar-refractivity contribution in [3.8, 4) is 0 Å². The topological polar surface area (TPSA) is 74.5 Å². The number of thiazole rings is 1. The molecule has 1 aliphatic carbocycles. The van der Waals surface area contributed by atoms with Crippen LogP contribution in [-0.2, 0) is 24.2 Å². The third kappa shape index (κ3) is 6.36. The largest absolute Gasteiger partial charge is 0.393 e. The molecule has 2 aromatic rings. The van der Waals surface area contributed by atoms with Gasteiger partial charge in [-0.3, -0.25) is 9.69 Å². The number of halogens is 3. The number of fused-ring (bicyclic) bond motifs is 1. The summed E-state index contributed by atoms with van der Waals surface area (Å²) in [5.41, 5.74) is 1.81. The van der Waals surface area contributed by atoms with E-state index >= 15 is 0 Å². The van der Waals surface area contributed by atoms with Crippen LogP contribution in [-0.4, -0.2) is 63.9 Å². The van der Waals surface area contributed by atoms with Gasteiger partial charge in [0.15, 0.2) is 5.13 Å². The lowest BCUT2D eigenvalue weighted by atomic mass is 9.95. The first kappa shape index (κ1) is 25.8. The van der Waals surface area contributed by atoms with Crippen LogP contribution in [0, 0.1) is 12.8 Å². The second-order valence-corrected chi connectivity index (χ2v) is 12.4. The number of aromatic nitrogens is 2. The van der Waals surface area contributed by atoms with Crippen LogP contribution < -0.4 is 10.2 Å². The van der Waals surface area contributed by atoms with Gasteiger partial charge in [0.1, 0.15) is 5.76 Å². The molecule has 0 spiro atoms. The second kappa shape index (κ2) is 10.9. The number of carbonyl (C=O) groups excluding carboxylic acids is 1. The molecule has 1 saturated carbocycles. The minimum Gasteiger partial charge on any atom is -0.361 e. The first-order valence-corrected chi connectivity index (χ1v) is 14.4. The molecule has 1 N–H and O–H groups in total. The van der Waals surface area contributed by atoms with E-state index in [4.69, 9.17) is 9.51 Å². The molecule has 1 unspecified atom stereocenters. The summed E-state index contributed by atoms with van der Waals surface area (Å²) in [6, 6.07) is 2.01. The van der Waals surface area contributed by atoms with E-state index < -0.39 is 12.1 Å². The Kier molecular flexibility index (Phi) is 7.83. The fourth-order valence-corrected chi connectivity index (χ4v) is 7.55. The Bertz CT molecular complexity index is 1050. The predicted molar refractivity (Wildman–Crippen MR) is 134 cm³/mol. The summed E-state index contributed by atoms with van der Waals surface area (Å²) in [4.78, 5) is 22.4. The van der Waals surface area contributed by atoms with Gasteiger partial charge in [-0.2, -0.15) is 13.2 Å². The number of alkyl halides is 3. The van der Waals surface area contributed by atoms with Crippen molar-refractivity contribution >= 4 is 34.1 Å². The Hall–Kier alpha value is -1.79. The van der Waals surface area contributed by atoms with Gasteiger partial charge in [0, 0.05) is 54.3 Å². The lowest BCUT2D eigenvalue weighted by molar-refractivity contribution is -0.168. The van der Waals surface area contributed by atoms with E-state index in [9.17, 15) is 18.0 Å². The highest BCUT2D eigenvalue weighted by atomic mass is 32.2. The van der Waals surface area contributed by atoms with Crippen LogP contribution in [0.5, 0.6) is 0 Å². The highest BCUT2D eigenvalue weighted by Gasteiger charge is 2.44. The fourth-order valence-electron chi connectivity index (χ4n) is 5.21. The van der Waals surface area contributed by atoms with E-state index in [0.717, 1.165) is 67.6 Å². The molecule has 198 valence electrons. The minimum atomic E-state index is -4.12. The number of nitrogens with zero attached hydrogens (tertiary/aromatic N) is 4. The van der Waals surface area contributed by atoms with E-state index in [2.05, 4.69) is 15.4 Å². The van der Waals surface area contributed by atoms with Gasteiger partial charge in [-0.15, -0.1) is 23.1 Å². The van der Waals surface area contributed by atoms with E-state index in [-0.39, 0.29) is 31.3 Å². The molecule has 2 aliphatic heterocycles. The number of thioether (sulfide) groups is 1. The molecule has 12 heteroatoms. The Balaban J connectivity index is 1.03. The lowest BCUT2D eigenvalue weighted by Crippen LogP contribution is -2.39. The number of carbonyl (C=O) groups is 1. The zero-order chi connectivity index (χ0) is 25.3. The Labute approximate surface area is 217 Å². The molecule has 7 nitrogen and oxygen atoms in total. The number of aryl methyl sites for hydroxylation is 1. The van der Waals surface area contributed by atoms with Gasteiger partial charge in [0.25, 0.3) is 0 Å². The van der Waals surface area contributed by atoms with Crippen molar-refractivity contribution in [2.45, 2.75) is 75.9 Å². The maximum atomic E-state index is 13.0. The summed E-state index contributed by atoms with van der Waals surface area (Å²) in [5.74, 6) is 0.264. The Morgan fingerprint density at radius 3 is 2.75 bits per heavy atom. The van der Waals surface area contributed by atoms with E-state index in [0.29, 0.717) is 17.6 Å². The molecule has 2 aromatic heterocycles. The number of nitrogens with one attached hydrogen (secondary N) is 1. The summed E-state index contributed by atoms with van der Waals surface area (Å²) in [7, 11) is 0. The van der Waals surface area contributed by atoms with Crippen LogP contribution in [0.4, 0.5) is 18.3 Å². The third-order valence-electron chi connectivity index (χ3n) is 7.26. The van der Waals surface area contributed by atoms with E-state index in [1.54, 1.807) is 17.4 Å². The highest BCUT2D eigenvalue weighted by molar-refractivity contribution is 7.99. The van der Waals surface area contributed by atoms with Crippen LogP contribution in [0.15, 0.2) is 10.6 Å². The Morgan fingerprint density at radius 1 is 1.25 bits per heavy atom. The summed E-state index contributed by atoms with van der Waals surface area (Å²) >= 11 is 3.54. The van der Waals surface area contributed by atoms with Crippen molar-refractivity contribution in [2.75, 3.05) is 30.4 Å². The van der Waals surface area contributed by atoms with Crippen molar-refractivity contribution in [3.05, 3.63) is 28.1 Å². The second-order valence-electron chi connectivity index (χ2n) is 10.1. The normalized spacial score (nSPS) is 25.2. The summed E-state index contributed by atoms with van der Waals surface area (Å²) < 4.78 is 44.3. The number of hydrogen-bond donors (Lipinski definition) is 1. The molecule has 1 saturated heterocycles. The Morgan fingerprint density at radius 2 is 2.06 bits per heavy atom. The van der Waals surface area contributed by atoms with Crippen molar-refractivity contribution in [1.29, 1.82) is 0 Å². The SMILES string of the molecule is Cc1cc(CC(=O)NC2CCC(SCN3CCc4sc(N5CCC(C(F)(F)F)C5)nc4C3)CC2)on1. The van der Waals surface area contributed by atoms with Crippen LogP contribution >= 0.6 is 23.1 Å². The average molecular weight is 544 g/mol. The van der Waals surface area contributed by atoms with Gasteiger partial charge in [-0.25, -0.2) is 4.98 Å². The average Bonchev–Trinajstić information content (AvgIpc) is 3.57. The highest BCUT2D eigenvalue weighted by Crippen LogP contribution is 2.39. The molecule has 0 bridgehead atoms. The molecule has 0 aromatic carbocycles. The van der Waals surface area contributed by atoms with Crippen LogP contribution in [0.3, 0.4) is 0 Å². The molecular formula is C24H32F3N5O2S2.